The second-order valence-electron chi connectivity index (χ2n) is 6.49. The molecule has 0 spiro atoms. The minimum Gasteiger partial charge on any atom is -0.347 e. The number of nitrogens with zero attached hydrogens (tertiary/aromatic N) is 2. The summed E-state index contributed by atoms with van der Waals surface area (Å²) in [5.74, 6) is 0. The van der Waals surface area contributed by atoms with E-state index < -0.39 is 0 Å². The van der Waals surface area contributed by atoms with E-state index in [1.807, 2.05) is 0 Å². The van der Waals surface area contributed by atoms with Crippen LogP contribution in [0.3, 0.4) is 0 Å². The van der Waals surface area contributed by atoms with Gasteiger partial charge >= 0.3 is 0 Å². The second kappa shape index (κ2) is 6.65. The molecule has 4 rings (SSSR count). The van der Waals surface area contributed by atoms with Crippen LogP contribution >= 0.6 is 23.6 Å². The number of anilines is 1. The molecule has 3 heterocycles. The zero-order valence-electron chi connectivity index (χ0n) is 14.4. The number of rotatable bonds is 2. The summed E-state index contributed by atoms with van der Waals surface area (Å²) in [5, 5.41) is 6.42. The van der Waals surface area contributed by atoms with Gasteiger partial charge in [-0.1, -0.05) is 18.2 Å². The number of nitrogens with one attached hydrogen (secondary N) is 1. The number of thiocarbonyl (C=S) groups is 1. The van der Waals surface area contributed by atoms with Crippen LogP contribution in [0.4, 0.5) is 5.69 Å². The van der Waals surface area contributed by atoms with E-state index in [0.717, 1.165) is 23.9 Å². The van der Waals surface area contributed by atoms with Crippen LogP contribution in [0.25, 0.3) is 0 Å². The molecule has 1 atom stereocenters. The Morgan fingerprint density at radius 2 is 2.04 bits per heavy atom. The molecule has 1 aliphatic heterocycles. The molecule has 3 aromatic rings. The lowest BCUT2D eigenvalue weighted by molar-refractivity contribution is 0.297. The average molecular weight is 368 g/mol. The minimum absolute atomic E-state index is 0.175. The molecular formula is C20H21N3S2. The Hall–Kier alpha value is -2.11. The maximum absolute atomic E-state index is 5.82. The summed E-state index contributed by atoms with van der Waals surface area (Å²) in [4.78, 5) is 3.64. The van der Waals surface area contributed by atoms with Crippen molar-refractivity contribution in [2.75, 3.05) is 11.9 Å². The SMILES string of the molecule is Cc1ccc(C)c(NC(=S)N2CCn3cccc3[C@@H]2c2cccs2)c1. The zero-order chi connectivity index (χ0) is 17.4. The third-order valence-electron chi connectivity index (χ3n) is 4.75. The standard InChI is InChI=1S/C20H21N3S2/c1-14-7-8-15(2)16(13-14)21-20(24)23-11-10-22-9-3-5-17(22)19(23)18-6-4-12-25-18/h3-9,12-13,19H,10-11H2,1-2H3,(H,21,24)/t19-/m1/s1. The Morgan fingerprint density at radius 1 is 1.16 bits per heavy atom. The van der Waals surface area contributed by atoms with E-state index in [-0.39, 0.29) is 6.04 Å². The molecule has 0 amide bonds. The summed E-state index contributed by atoms with van der Waals surface area (Å²) in [6, 6.07) is 15.2. The molecule has 0 saturated carbocycles. The fraction of sp³-hybridized carbons (Fsp3) is 0.250. The lowest BCUT2D eigenvalue weighted by Gasteiger charge is -2.38. The van der Waals surface area contributed by atoms with Gasteiger partial charge < -0.3 is 14.8 Å². The summed E-state index contributed by atoms with van der Waals surface area (Å²) in [5.41, 5.74) is 4.84. The molecule has 1 N–H and O–H groups in total. The lowest BCUT2D eigenvalue weighted by atomic mass is 10.1. The molecule has 3 nitrogen and oxygen atoms in total. The van der Waals surface area contributed by atoms with Gasteiger partial charge in [0.15, 0.2) is 5.11 Å². The van der Waals surface area contributed by atoms with Gasteiger partial charge in [-0.25, -0.2) is 0 Å². The van der Waals surface area contributed by atoms with Crippen molar-refractivity contribution in [2.24, 2.45) is 0 Å². The number of thiophene rings is 1. The molecule has 5 heteroatoms. The first kappa shape index (κ1) is 16.4. The summed E-state index contributed by atoms with van der Waals surface area (Å²) in [7, 11) is 0. The number of aromatic nitrogens is 1. The van der Waals surface area contributed by atoms with Gasteiger partial charge in [-0.3, -0.25) is 0 Å². The van der Waals surface area contributed by atoms with Crippen molar-refractivity contribution < 1.29 is 0 Å². The van der Waals surface area contributed by atoms with E-state index in [2.05, 4.69) is 82.7 Å². The zero-order valence-corrected chi connectivity index (χ0v) is 16.0. The Morgan fingerprint density at radius 3 is 2.84 bits per heavy atom. The number of benzene rings is 1. The second-order valence-corrected chi connectivity index (χ2v) is 7.85. The first-order valence-corrected chi connectivity index (χ1v) is 9.75. The highest BCUT2D eigenvalue weighted by Crippen LogP contribution is 2.35. The third kappa shape index (κ3) is 3.10. The van der Waals surface area contributed by atoms with E-state index in [1.54, 1.807) is 11.3 Å². The van der Waals surface area contributed by atoms with Gasteiger partial charge in [0.25, 0.3) is 0 Å². The van der Waals surface area contributed by atoms with E-state index >= 15 is 0 Å². The van der Waals surface area contributed by atoms with E-state index in [4.69, 9.17) is 12.2 Å². The fourth-order valence-corrected chi connectivity index (χ4v) is 4.56. The van der Waals surface area contributed by atoms with E-state index in [0.29, 0.717) is 0 Å². The van der Waals surface area contributed by atoms with Crippen LogP contribution in [-0.4, -0.2) is 21.1 Å². The quantitative estimate of drug-likeness (QED) is 0.646. The molecule has 0 bridgehead atoms. The van der Waals surface area contributed by atoms with Gasteiger partial charge in [-0.2, -0.15) is 0 Å². The molecule has 25 heavy (non-hydrogen) atoms. The molecule has 128 valence electrons. The fourth-order valence-electron chi connectivity index (χ4n) is 3.41. The van der Waals surface area contributed by atoms with Crippen molar-refractivity contribution in [3.05, 3.63) is 75.7 Å². The molecule has 1 aliphatic rings. The molecular weight excluding hydrogens is 346 g/mol. The van der Waals surface area contributed by atoms with Crippen LogP contribution in [0, 0.1) is 13.8 Å². The van der Waals surface area contributed by atoms with Gasteiger partial charge in [0.05, 0.1) is 0 Å². The molecule has 1 aromatic carbocycles. The smallest absolute Gasteiger partial charge is 0.174 e. The lowest BCUT2D eigenvalue weighted by Crippen LogP contribution is -2.44. The van der Waals surface area contributed by atoms with Gasteiger partial charge in [0.1, 0.15) is 6.04 Å². The summed E-state index contributed by atoms with van der Waals surface area (Å²) < 4.78 is 2.33. The van der Waals surface area contributed by atoms with Crippen LogP contribution in [-0.2, 0) is 6.54 Å². The van der Waals surface area contributed by atoms with Gasteiger partial charge in [-0.05, 0) is 66.8 Å². The number of hydrogen-bond donors (Lipinski definition) is 1. The average Bonchev–Trinajstić information content (AvgIpc) is 3.28. The van der Waals surface area contributed by atoms with Crippen LogP contribution in [0.5, 0.6) is 0 Å². The Kier molecular flexibility index (Phi) is 4.36. The highest BCUT2D eigenvalue weighted by molar-refractivity contribution is 7.80. The summed E-state index contributed by atoms with van der Waals surface area (Å²) in [6.07, 6.45) is 2.16. The minimum atomic E-state index is 0.175. The Labute approximate surface area is 157 Å². The van der Waals surface area contributed by atoms with Gasteiger partial charge in [0.2, 0.25) is 0 Å². The van der Waals surface area contributed by atoms with Crippen molar-refractivity contribution in [2.45, 2.75) is 26.4 Å². The van der Waals surface area contributed by atoms with Crippen LogP contribution in [0.15, 0.2) is 54.0 Å². The van der Waals surface area contributed by atoms with Crippen molar-refractivity contribution in [1.82, 2.24) is 9.47 Å². The van der Waals surface area contributed by atoms with E-state index in [9.17, 15) is 0 Å². The molecule has 0 aliphatic carbocycles. The highest BCUT2D eigenvalue weighted by atomic mass is 32.1. The molecule has 0 fully saturated rings. The number of aryl methyl sites for hydroxylation is 2. The highest BCUT2D eigenvalue weighted by Gasteiger charge is 2.31. The number of fused-ring (bicyclic) bond motifs is 1. The predicted molar refractivity (Wildman–Crippen MR) is 109 cm³/mol. The largest absolute Gasteiger partial charge is 0.347 e. The summed E-state index contributed by atoms with van der Waals surface area (Å²) >= 11 is 7.61. The number of hydrogen-bond acceptors (Lipinski definition) is 2. The topological polar surface area (TPSA) is 20.2 Å². The van der Waals surface area contributed by atoms with Crippen LogP contribution < -0.4 is 5.32 Å². The van der Waals surface area contributed by atoms with E-state index in [1.165, 1.54) is 21.7 Å². The maximum Gasteiger partial charge on any atom is 0.174 e. The Bertz CT molecular complexity index is 896. The molecule has 2 aromatic heterocycles. The third-order valence-corrected chi connectivity index (χ3v) is 6.01. The van der Waals surface area contributed by atoms with Crippen molar-refractivity contribution in [1.29, 1.82) is 0 Å². The van der Waals surface area contributed by atoms with Crippen molar-refractivity contribution >= 4 is 34.4 Å². The molecule has 0 unspecified atom stereocenters. The molecule has 0 saturated heterocycles. The van der Waals surface area contributed by atoms with Gasteiger partial charge in [-0.15, -0.1) is 11.3 Å². The summed E-state index contributed by atoms with van der Waals surface area (Å²) in [6.45, 7) is 6.08. The van der Waals surface area contributed by atoms with Crippen LogP contribution in [0.1, 0.15) is 27.7 Å². The monoisotopic (exact) mass is 367 g/mol. The van der Waals surface area contributed by atoms with Crippen LogP contribution in [0.2, 0.25) is 0 Å². The maximum atomic E-state index is 5.82. The molecule has 0 radical (unpaired) electrons. The normalized spacial score (nSPS) is 16.6. The first-order valence-electron chi connectivity index (χ1n) is 8.47. The van der Waals surface area contributed by atoms with Crippen molar-refractivity contribution in [3.8, 4) is 0 Å². The first-order chi connectivity index (χ1) is 12.1. The van der Waals surface area contributed by atoms with Gasteiger partial charge in [0, 0.05) is 35.5 Å². The predicted octanol–water partition coefficient (Wildman–Crippen LogP) is 4.97. The Balaban J connectivity index is 1.66. The van der Waals surface area contributed by atoms with Crippen molar-refractivity contribution in [3.63, 3.8) is 0 Å².